The van der Waals surface area contributed by atoms with Crippen LogP contribution in [0.2, 0.25) is 0 Å². The maximum absolute atomic E-state index is 13.6. The first-order valence-electron chi connectivity index (χ1n) is 16.4. The highest BCUT2D eigenvalue weighted by molar-refractivity contribution is 7.15. The fourth-order valence-corrected chi connectivity index (χ4v) is 6.94. The number of hydrogen-bond donors (Lipinski definition) is 0. The second-order valence-corrected chi connectivity index (χ2v) is 13.0. The van der Waals surface area contributed by atoms with Crippen LogP contribution in [0.25, 0.3) is 10.6 Å². The number of thiazole rings is 1. The maximum atomic E-state index is 13.6. The van der Waals surface area contributed by atoms with Crippen LogP contribution in [0, 0.1) is 6.92 Å². The van der Waals surface area contributed by atoms with Gasteiger partial charge in [0.25, 0.3) is 0 Å². The van der Waals surface area contributed by atoms with Gasteiger partial charge in [0.15, 0.2) is 0 Å². The molecule has 0 saturated carbocycles. The van der Waals surface area contributed by atoms with Crippen molar-refractivity contribution in [3.05, 3.63) is 124 Å². The molecule has 6 rings (SSSR count). The summed E-state index contributed by atoms with van der Waals surface area (Å²) in [7, 11) is 0. The van der Waals surface area contributed by atoms with E-state index in [2.05, 4.69) is 48.2 Å². The Bertz CT molecular complexity index is 1790. The van der Waals surface area contributed by atoms with E-state index in [1.165, 1.54) is 16.7 Å². The van der Waals surface area contributed by atoms with Crippen LogP contribution in [0.4, 0.5) is 4.79 Å². The van der Waals surface area contributed by atoms with Crippen molar-refractivity contribution in [1.82, 2.24) is 19.9 Å². The second-order valence-electron chi connectivity index (χ2n) is 11.9. The summed E-state index contributed by atoms with van der Waals surface area (Å²) >= 11 is 1.64. The van der Waals surface area contributed by atoms with Crippen LogP contribution in [0.1, 0.15) is 59.1 Å². The zero-order valence-electron chi connectivity index (χ0n) is 27.5. The molecule has 0 N–H and O–H groups in total. The standard InChI is InChI=1S/C38H40N4O5S/c1-4-41(5-2)23-28-11-13-30(14-12-28)37-39-26(3)35(48-37)25-45-32-17-15-29(16-18-32)33(34-19-20-47-40-34)22-36(43)42-31(24-46-38(42)44)21-27-9-7-6-8-10-27/h6-20,31,33H,4-5,21-25H2,1-3H3. The van der Waals surface area contributed by atoms with Crippen molar-refractivity contribution in [2.45, 2.75) is 58.7 Å². The van der Waals surface area contributed by atoms with E-state index in [1.807, 2.05) is 61.5 Å². The molecular weight excluding hydrogens is 625 g/mol. The van der Waals surface area contributed by atoms with Gasteiger partial charge in [-0.15, -0.1) is 11.3 Å². The van der Waals surface area contributed by atoms with E-state index >= 15 is 0 Å². The minimum atomic E-state index is -0.614. The minimum absolute atomic E-state index is 0.0341. The molecule has 1 saturated heterocycles. The first-order valence-corrected chi connectivity index (χ1v) is 17.2. The molecule has 3 aromatic carbocycles. The van der Waals surface area contributed by atoms with E-state index in [-0.39, 0.29) is 25.0 Å². The van der Waals surface area contributed by atoms with Crippen LogP contribution in [0.3, 0.4) is 0 Å². The number of amides is 2. The lowest BCUT2D eigenvalue weighted by Gasteiger charge is -2.22. The molecule has 1 fully saturated rings. The van der Waals surface area contributed by atoms with Crippen LogP contribution in [0.5, 0.6) is 5.75 Å². The van der Waals surface area contributed by atoms with Gasteiger partial charge in [-0.1, -0.05) is 85.7 Å². The fraction of sp³-hybridized carbons (Fsp3) is 0.316. The Labute approximate surface area is 285 Å². The SMILES string of the molecule is CCN(CC)Cc1ccc(-c2nc(C)c(COc3ccc(C(CC(=O)N4C(=O)OCC4Cc4ccccc4)c4ccon4)cc3)s2)cc1. The molecule has 2 amide bonds. The molecule has 1 aliphatic rings. The van der Waals surface area contributed by atoms with Crippen LogP contribution >= 0.6 is 11.3 Å². The quantitative estimate of drug-likeness (QED) is 0.120. The number of aryl methyl sites for hydroxylation is 1. The lowest BCUT2D eigenvalue weighted by Crippen LogP contribution is -2.40. The Kier molecular flexibility index (Phi) is 10.6. The number of imide groups is 1. The van der Waals surface area contributed by atoms with Crippen molar-refractivity contribution in [1.29, 1.82) is 0 Å². The number of rotatable bonds is 14. The first-order chi connectivity index (χ1) is 23.4. The lowest BCUT2D eigenvalue weighted by atomic mass is 9.91. The Balaban J connectivity index is 1.10. The van der Waals surface area contributed by atoms with E-state index in [4.69, 9.17) is 19.0 Å². The van der Waals surface area contributed by atoms with Crippen LogP contribution in [-0.4, -0.2) is 57.7 Å². The molecule has 248 valence electrons. The third kappa shape index (κ3) is 7.83. The summed E-state index contributed by atoms with van der Waals surface area (Å²) in [6.07, 6.45) is 1.44. The molecule has 2 atom stereocenters. The molecule has 0 aliphatic carbocycles. The normalized spacial score (nSPS) is 15.1. The van der Waals surface area contributed by atoms with Crippen molar-refractivity contribution in [3.8, 4) is 16.3 Å². The molecule has 0 spiro atoms. The predicted octanol–water partition coefficient (Wildman–Crippen LogP) is 7.64. The summed E-state index contributed by atoms with van der Waals surface area (Å²) in [4.78, 5) is 35.8. The minimum Gasteiger partial charge on any atom is -0.488 e. The zero-order chi connectivity index (χ0) is 33.5. The lowest BCUT2D eigenvalue weighted by molar-refractivity contribution is -0.129. The summed E-state index contributed by atoms with van der Waals surface area (Å²) < 4.78 is 16.6. The van der Waals surface area contributed by atoms with E-state index in [0.717, 1.165) is 51.9 Å². The molecule has 2 unspecified atom stereocenters. The Morgan fingerprint density at radius 3 is 2.44 bits per heavy atom. The average Bonchev–Trinajstić information content (AvgIpc) is 3.87. The molecular formula is C38H40N4O5S. The van der Waals surface area contributed by atoms with Crippen molar-refractivity contribution in [2.75, 3.05) is 19.7 Å². The number of carbonyl (C=O) groups is 2. The van der Waals surface area contributed by atoms with Gasteiger partial charge in [0.05, 0.1) is 22.3 Å². The van der Waals surface area contributed by atoms with Gasteiger partial charge in [0.2, 0.25) is 5.91 Å². The number of hydrogen-bond acceptors (Lipinski definition) is 9. The van der Waals surface area contributed by atoms with Crippen molar-refractivity contribution in [2.24, 2.45) is 0 Å². The Morgan fingerprint density at radius 1 is 1.00 bits per heavy atom. The summed E-state index contributed by atoms with van der Waals surface area (Å²) in [6, 6.07) is 27.5. The van der Waals surface area contributed by atoms with Gasteiger partial charge < -0.3 is 14.0 Å². The van der Waals surface area contributed by atoms with Gasteiger partial charge in [-0.3, -0.25) is 9.69 Å². The molecule has 0 bridgehead atoms. The number of carbonyl (C=O) groups excluding carboxylic acids is 2. The summed E-state index contributed by atoms with van der Waals surface area (Å²) in [5, 5.41) is 5.11. The van der Waals surface area contributed by atoms with Crippen LogP contribution in [-0.2, 0) is 29.1 Å². The van der Waals surface area contributed by atoms with Crippen molar-refractivity contribution >= 4 is 23.3 Å². The van der Waals surface area contributed by atoms with E-state index in [0.29, 0.717) is 24.5 Å². The topological polar surface area (TPSA) is 98.0 Å². The maximum Gasteiger partial charge on any atom is 0.416 e. The van der Waals surface area contributed by atoms with Gasteiger partial charge in [0.1, 0.15) is 30.2 Å². The molecule has 2 aromatic heterocycles. The van der Waals surface area contributed by atoms with Crippen molar-refractivity contribution < 1.29 is 23.6 Å². The fourth-order valence-electron chi connectivity index (χ4n) is 5.96. The number of nitrogens with zero attached hydrogens (tertiary/aromatic N) is 4. The van der Waals surface area contributed by atoms with Gasteiger partial charge >= 0.3 is 6.09 Å². The second kappa shape index (κ2) is 15.4. The van der Waals surface area contributed by atoms with Crippen LogP contribution in [0.15, 0.2) is 95.7 Å². The van der Waals surface area contributed by atoms with Gasteiger partial charge in [0, 0.05) is 30.5 Å². The third-order valence-electron chi connectivity index (χ3n) is 8.78. The molecule has 9 nitrogen and oxygen atoms in total. The van der Waals surface area contributed by atoms with Gasteiger partial charge in [-0.2, -0.15) is 0 Å². The van der Waals surface area contributed by atoms with E-state index < -0.39 is 12.0 Å². The number of cyclic esters (lactones) is 1. The third-order valence-corrected chi connectivity index (χ3v) is 9.96. The highest BCUT2D eigenvalue weighted by Gasteiger charge is 2.39. The smallest absolute Gasteiger partial charge is 0.416 e. The highest BCUT2D eigenvalue weighted by Crippen LogP contribution is 2.32. The number of benzene rings is 3. The predicted molar refractivity (Wildman–Crippen MR) is 185 cm³/mol. The monoisotopic (exact) mass is 664 g/mol. The summed E-state index contributed by atoms with van der Waals surface area (Å²) in [5.74, 6) is -0.0346. The Morgan fingerprint density at radius 2 is 1.75 bits per heavy atom. The van der Waals surface area contributed by atoms with E-state index in [9.17, 15) is 9.59 Å². The summed E-state index contributed by atoms with van der Waals surface area (Å²) in [5.41, 5.74) is 5.85. The Hall–Kier alpha value is -4.80. The molecule has 5 aromatic rings. The zero-order valence-corrected chi connectivity index (χ0v) is 28.3. The molecule has 0 radical (unpaired) electrons. The van der Waals surface area contributed by atoms with Crippen LogP contribution < -0.4 is 4.74 Å². The van der Waals surface area contributed by atoms with E-state index in [1.54, 1.807) is 17.4 Å². The largest absolute Gasteiger partial charge is 0.488 e. The first kappa shape index (κ1) is 33.1. The average molecular weight is 665 g/mol. The summed E-state index contributed by atoms with van der Waals surface area (Å²) in [6.45, 7) is 9.96. The number of aromatic nitrogens is 2. The number of ether oxygens (including phenoxy) is 2. The molecule has 48 heavy (non-hydrogen) atoms. The molecule has 1 aliphatic heterocycles. The molecule has 3 heterocycles. The highest BCUT2D eigenvalue weighted by atomic mass is 32.1. The van der Waals surface area contributed by atoms with Gasteiger partial charge in [-0.05, 0) is 55.3 Å². The van der Waals surface area contributed by atoms with Gasteiger partial charge in [-0.25, -0.2) is 14.7 Å². The van der Waals surface area contributed by atoms with Crippen molar-refractivity contribution in [3.63, 3.8) is 0 Å². The molecule has 10 heteroatoms.